The summed E-state index contributed by atoms with van der Waals surface area (Å²) in [6.45, 7) is 5.54. The first-order chi connectivity index (χ1) is 15.5. The summed E-state index contributed by atoms with van der Waals surface area (Å²) in [5.74, 6) is -0.119. The second-order valence-electron chi connectivity index (χ2n) is 8.42. The zero-order valence-electron chi connectivity index (χ0n) is 18.2. The van der Waals surface area contributed by atoms with Crippen molar-refractivity contribution in [2.24, 2.45) is 5.92 Å². The second kappa shape index (κ2) is 9.50. The van der Waals surface area contributed by atoms with Crippen LogP contribution in [-0.4, -0.2) is 45.8 Å². The Bertz CT molecular complexity index is 1110. The molecule has 1 aliphatic heterocycles. The maximum absolute atomic E-state index is 12.8. The lowest BCUT2D eigenvalue weighted by Gasteiger charge is -2.30. The summed E-state index contributed by atoms with van der Waals surface area (Å²) in [5, 5.41) is 11.8. The molecule has 168 valence electrons. The van der Waals surface area contributed by atoms with Crippen LogP contribution in [0.4, 0.5) is 0 Å². The van der Waals surface area contributed by atoms with Crippen LogP contribution in [0.2, 0.25) is 0 Å². The van der Waals surface area contributed by atoms with Crippen molar-refractivity contribution in [2.75, 3.05) is 13.2 Å². The zero-order valence-corrected chi connectivity index (χ0v) is 18.2. The molecule has 3 N–H and O–H groups in total. The van der Waals surface area contributed by atoms with Gasteiger partial charge in [0.15, 0.2) is 0 Å². The number of carbonyl (C=O) groups is 2. The third kappa shape index (κ3) is 4.51. The van der Waals surface area contributed by atoms with Gasteiger partial charge in [-0.1, -0.05) is 38.1 Å². The highest BCUT2D eigenvalue weighted by atomic mass is 16.5. The van der Waals surface area contributed by atoms with E-state index in [1.54, 1.807) is 17.6 Å². The summed E-state index contributed by atoms with van der Waals surface area (Å²) in [6.07, 6.45) is 0.508. The molecular weight excluding hydrogens is 408 g/mol. The third-order valence-electron chi connectivity index (χ3n) is 5.88. The van der Waals surface area contributed by atoms with Crippen LogP contribution in [0.3, 0.4) is 0 Å². The fourth-order valence-corrected chi connectivity index (χ4v) is 4.15. The van der Waals surface area contributed by atoms with Gasteiger partial charge in [0.2, 0.25) is 0 Å². The van der Waals surface area contributed by atoms with E-state index >= 15 is 0 Å². The van der Waals surface area contributed by atoms with E-state index in [2.05, 4.69) is 29.8 Å². The van der Waals surface area contributed by atoms with Gasteiger partial charge in [0.05, 0.1) is 23.6 Å². The molecule has 8 heteroatoms. The number of rotatable bonds is 6. The molecule has 2 aromatic carbocycles. The predicted molar refractivity (Wildman–Crippen MR) is 119 cm³/mol. The Morgan fingerprint density at radius 3 is 2.66 bits per heavy atom. The molecule has 3 aromatic rings. The van der Waals surface area contributed by atoms with Crippen LogP contribution in [0.15, 0.2) is 48.5 Å². The van der Waals surface area contributed by atoms with Gasteiger partial charge >= 0.3 is 0 Å². The monoisotopic (exact) mass is 436 g/mol. The molecule has 8 nitrogen and oxygen atoms in total. The molecule has 0 radical (unpaired) electrons. The predicted octanol–water partition coefficient (Wildman–Crippen LogP) is 2.85. The highest BCUT2D eigenvalue weighted by Gasteiger charge is 2.32. The van der Waals surface area contributed by atoms with Gasteiger partial charge in [0.1, 0.15) is 5.82 Å². The Labute approximate surface area is 186 Å². The van der Waals surface area contributed by atoms with Gasteiger partial charge in [-0.05, 0) is 36.2 Å². The highest BCUT2D eigenvalue weighted by molar-refractivity contribution is 5.95. The van der Waals surface area contributed by atoms with E-state index in [0.29, 0.717) is 25.1 Å². The average Bonchev–Trinajstić information content (AvgIpc) is 3.18. The lowest BCUT2D eigenvalue weighted by Crippen LogP contribution is -2.51. The number of hydroxylamine groups is 1. The Hall–Kier alpha value is -3.23. The summed E-state index contributed by atoms with van der Waals surface area (Å²) in [5.41, 5.74) is 5.30. The maximum Gasteiger partial charge on any atom is 0.251 e. The summed E-state index contributed by atoms with van der Waals surface area (Å²) < 4.78 is 7.53. The van der Waals surface area contributed by atoms with Gasteiger partial charge in [-0.25, -0.2) is 10.5 Å². The first-order valence-electron chi connectivity index (χ1n) is 10.8. The number of benzene rings is 2. The summed E-state index contributed by atoms with van der Waals surface area (Å²) in [4.78, 5) is 29.4. The van der Waals surface area contributed by atoms with Crippen molar-refractivity contribution in [3.05, 3.63) is 65.5 Å². The van der Waals surface area contributed by atoms with Gasteiger partial charge in [0.25, 0.3) is 11.8 Å². The summed E-state index contributed by atoms with van der Waals surface area (Å²) >= 11 is 0. The van der Waals surface area contributed by atoms with Gasteiger partial charge in [-0.3, -0.25) is 14.8 Å². The molecule has 0 bridgehead atoms. The lowest BCUT2D eigenvalue weighted by atomic mass is 9.94. The number of carbonyl (C=O) groups excluding carboxylic acids is 2. The third-order valence-corrected chi connectivity index (χ3v) is 5.88. The number of nitrogens with one attached hydrogen (secondary N) is 2. The lowest BCUT2D eigenvalue weighted by molar-refractivity contribution is -0.138. The topological polar surface area (TPSA) is 105 Å². The largest absolute Gasteiger partial charge is 0.380 e. The minimum atomic E-state index is -0.624. The van der Waals surface area contributed by atoms with E-state index in [1.807, 2.05) is 30.3 Å². The minimum absolute atomic E-state index is 0.160. The molecule has 4 rings (SSSR count). The van der Waals surface area contributed by atoms with Crippen LogP contribution in [0, 0.1) is 5.92 Å². The van der Waals surface area contributed by atoms with Crippen LogP contribution in [0.25, 0.3) is 11.0 Å². The van der Waals surface area contributed by atoms with E-state index in [0.717, 1.165) is 22.4 Å². The number of hydrogen-bond acceptors (Lipinski definition) is 5. The molecule has 0 saturated carbocycles. The van der Waals surface area contributed by atoms with Crippen LogP contribution in [0.1, 0.15) is 47.9 Å². The van der Waals surface area contributed by atoms with Crippen LogP contribution < -0.4 is 10.8 Å². The Morgan fingerprint density at radius 1 is 1.19 bits per heavy atom. The zero-order chi connectivity index (χ0) is 22.7. The first kappa shape index (κ1) is 22.0. The van der Waals surface area contributed by atoms with E-state index < -0.39 is 17.9 Å². The molecule has 0 spiro atoms. The van der Waals surface area contributed by atoms with E-state index in [-0.39, 0.29) is 18.4 Å². The molecular formula is C24H28N4O4. The molecule has 1 aromatic heterocycles. The minimum Gasteiger partial charge on any atom is -0.380 e. The van der Waals surface area contributed by atoms with Gasteiger partial charge in [-0.2, -0.15) is 0 Å². The van der Waals surface area contributed by atoms with Crippen LogP contribution in [0.5, 0.6) is 0 Å². The van der Waals surface area contributed by atoms with E-state index in [1.165, 1.54) is 0 Å². The highest BCUT2D eigenvalue weighted by Crippen LogP contribution is 2.23. The number of aromatic nitrogens is 2. The van der Waals surface area contributed by atoms with Crippen molar-refractivity contribution in [1.82, 2.24) is 20.3 Å². The SMILES string of the molecule is CC(C)c1nc2ccccc2n1Cc1ccc(C(=O)N[C@H]2CCOC[C@@H]2C(=O)NO)cc1. The molecule has 2 amide bonds. The second-order valence-corrected chi connectivity index (χ2v) is 8.42. The maximum atomic E-state index is 12.8. The number of ether oxygens (including phenoxy) is 1. The summed E-state index contributed by atoms with van der Waals surface area (Å²) in [6, 6.07) is 15.2. The number of imidazole rings is 1. The fraction of sp³-hybridized carbons (Fsp3) is 0.375. The quantitative estimate of drug-likeness (QED) is 0.407. The van der Waals surface area contributed by atoms with Crippen molar-refractivity contribution in [3.63, 3.8) is 0 Å². The molecule has 0 aliphatic carbocycles. The number of para-hydroxylation sites is 2. The molecule has 0 unspecified atom stereocenters. The number of hydrogen-bond donors (Lipinski definition) is 3. The van der Waals surface area contributed by atoms with Crippen molar-refractivity contribution in [2.45, 2.75) is 38.8 Å². The van der Waals surface area contributed by atoms with Gasteiger partial charge in [-0.15, -0.1) is 0 Å². The van der Waals surface area contributed by atoms with Crippen molar-refractivity contribution in [3.8, 4) is 0 Å². The number of fused-ring (bicyclic) bond motifs is 1. The molecule has 1 aliphatic rings. The summed E-state index contributed by atoms with van der Waals surface area (Å²) in [7, 11) is 0. The molecule has 2 heterocycles. The normalized spacial score (nSPS) is 18.6. The van der Waals surface area contributed by atoms with Gasteiger partial charge < -0.3 is 14.6 Å². The fourth-order valence-electron chi connectivity index (χ4n) is 4.15. The van der Waals surface area contributed by atoms with Crippen LogP contribution >= 0.6 is 0 Å². The average molecular weight is 437 g/mol. The number of nitrogens with zero attached hydrogens (tertiary/aromatic N) is 2. The van der Waals surface area contributed by atoms with E-state index in [9.17, 15) is 9.59 Å². The molecule has 1 saturated heterocycles. The van der Waals surface area contributed by atoms with Crippen molar-refractivity contribution < 1.29 is 19.5 Å². The van der Waals surface area contributed by atoms with Gasteiger partial charge in [0, 0.05) is 30.7 Å². The standard InChI is InChI=1S/C24H28N4O4/c1-15(2)22-25-20-5-3-4-6-21(20)28(22)13-16-7-9-17(10-8-16)23(29)26-19-11-12-32-14-18(19)24(30)27-31/h3-10,15,18-19,31H,11-14H2,1-2H3,(H,26,29)(H,27,30)/t18-,19-/m0/s1. The Balaban J connectivity index is 1.49. The Morgan fingerprint density at radius 2 is 1.94 bits per heavy atom. The number of amides is 2. The molecule has 32 heavy (non-hydrogen) atoms. The van der Waals surface area contributed by atoms with Crippen LogP contribution in [-0.2, 0) is 16.1 Å². The smallest absolute Gasteiger partial charge is 0.251 e. The van der Waals surface area contributed by atoms with E-state index in [4.69, 9.17) is 14.9 Å². The van der Waals surface area contributed by atoms with Crippen molar-refractivity contribution in [1.29, 1.82) is 0 Å². The van der Waals surface area contributed by atoms with Crippen molar-refractivity contribution >= 4 is 22.8 Å². The molecule has 1 fully saturated rings. The first-order valence-corrected chi connectivity index (χ1v) is 10.8. The Kier molecular flexibility index (Phi) is 6.53. The molecule has 2 atom stereocenters.